The van der Waals surface area contributed by atoms with Gasteiger partial charge in [-0.1, -0.05) is 12.1 Å². The summed E-state index contributed by atoms with van der Waals surface area (Å²) in [6.45, 7) is 6.94. The number of hydrogen-bond acceptors (Lipinski definition) is 4. The van der Waals surface area contributed by atoms with Crippen LogP contribution in [0, 0.1) is 0 Å². The quantitative estimate of drug-likeness (QED) is 0.216. The number of guanidine groups is 1. The summed E-state index contributed by atoms with van der Waals surface area (Å²) in [4.78, 5) is 4.65. The molecule has 0 radical (unpaired) electrons. The molecule has 6 nitrogen and oxygen atoms in total. The number of benzene rings is 1. The average molecular weight is 491 g/mol. The van der Waals surface area contributed by atoms with Crippen LogP contribution in [-0.2, 0) is 15.9 Å². The van der Waals surface area contributed by atoms with E-state index >= 15 is 0 Å². The molecule has 7 heteroatoms. The molecule has 154 valence electrons. The molecule has 0 saturated carbocycles. The third kappa shape index (κ3) is 10.2. The molecule has 2 N–H and O–H groups in total. The highest BCUT2D eigenvalue weighted by Gasteiger charge is 2.15. The van der Waals surface area contributed by atoms with Gasteiger partial charge in [0.15, 0.2) is 5.96 Å². The number of nitrogens with zero attached hydrogens (tertiary/aromatic N) is 1. The predicted molar refractivity (Wildman–Crippen MR) is 121 cm³/mol. The summed E-state index contributed by atoms with van der Waals surface area (Å²) in [5.41, 5.74) is 1.31. The normalized spacial score (nSPS) is 16.7. The number of nitrogens with one attached hydrogen (secondary N) is 2. The van der Waals surface area contributed by atoms with Crippen LogP contribution >= 0.6 is 24.0 Å². The van der Waals surface area contributed by atoms with Gasteiger partial charge in [-0.3, -0.25) is 4.99 Å². The highest BCUT2D eigenvalue weighted by Crippen LogP contribution is 2.12. The summed E-state index contributed by atoms with van der Waals surface area (Å²) in [7, 11) is 1.69. The zero-order chi connectivity index (χ0) is 18.5. The van der Waals surface area contributed by atoms with Crippen molar-refractivity contribution in [3.63, 3.8) is 0 Å². The summed E-state index contributed by atoms with van der Waals surface area (Å²) in [6, 6.07) is 8.23. The average Bonchev–Trinajstić information content (AvgIpc) is 3.18. The van der Waals surface area contributed by atoms with Gasteiger partial charge < -0.3 is 24.8 Å². The second-order valence-electron chi connectivity index (χ2n) is 6.35. The molecule has 1 aliphatic rings. The van der Waals surface area contributed by atoms with Gasteiger partial charge in [-0.25, -0.2) is 0 Å². The molecule has 1 aliphatic heterocycles. The van der Waals surface area contributed by atoms with E-state index in [2.05, 4.69) is 34.7 Å². The van der Waals surface area contributed by atoms with Crippen LogP contribution in [-0.4, -0.2) is 58.6 Å². The number of methoxy groups -OCH3 is 1. The first-order chi connectivity index (χ1) is 12.8. The standard InChI is InChI=1S/C20H33N3O3.HI/c1-3-21-20(23-13-5-14-26-19-11-15-25-16-19)22-12-4-6-17-7-9-18(24-2)10-8-17;/h7-10,19H,3-6,11-16H2,1-2H3,(H2,21,22,23);1H. The van der Waals surface area contributed by atoms with Crippen LogP contribution in [0.4, 0.5) is 0 Å². The van der Waals surface area contributed by atoms with Crippen LogP contribution in [0.5, 0.6) is 5.75 Å². The maximum atomic E-state index is 5.77. The molecular weight excluding hydrogens is 457 g/mol. The smallest absolute Gasteiger partial charge is 0.191 e. The Morgan fingerprint density at radius 2 is 2.04 bits per heavy atom. The molecule has 1 saturated heterocycles. The van der Waals surface area contributed by atoms with Gasteiger partial charge in [-0.2, -0.15) is 0 Å². The Hall–Kier alpha value is -1.06. The monoisotopic (exact) mass is 491 g/mol. The number of halogens is 1. The van der Waals surface area contributed by atoms with Gasteiger partial charge in [-0.15, -0.1) is 24.0 Å². The second-order valence-corrected chi connectivity index (χ2v) is 6.35. The van der Waals surface area contributed by atoms with Crippen molar-refractivity contribution in [2.75, 3.05) is 46.6 Å². The number of hydrogen-bond donors (Lipinski definition) is 2. The first-order valence-corrected chi connectivity index (χ1v) is 9.66. The van der Waals surface area contributed by atoms with E-state index in [1.54, 1.807) is 7.11 Å². The Morgan fingerprint density at radius 1 is 1.22 bits per heavy atom. The van der Waals surface area contributed by atoms with Gasteiger partial charge >= 0.3 is 0 Å². The highest BCUT2D eigenvalue weighted by molar-refractivity contribution is 14.0. The van der Waals surface area contributed by atoms with Gasteiger partial charge in [0.05, 0.1) is 19.8 Å². The second kappa shape index (κ2) is 14.9. The third-order valence-electron chi connectivity index (χ3n) is 4.25. The van der Waals surface area contributed by atoms with Crippen molar-refractivity contribution in [2.24, 2.45) is 4.99 Å². The molecular formula is C20H34IN3O3. The van der Waals surface area contributed by atoms with Crippen molar-refractivity contribution in [1.82, 2.24) is 10.6 Å². The van der Waals surface area contributed by atoms with E-state index in [0.29, 0.717) is 0 Å². The molecule has 27 heavy (non-hydrogen) atoms. The van der Waals surface area contributed by atoms with Gasteiger partial charge in [0.25, 0.3) is 0 Å². The predicted octanol–water partition coefficient (Wildman–Crippen LogP) is 3.00. The summed E-state index contributed by atoms with van der Waals surface area (Å²) >= 11 is 0. The van der Waals surface area contributed by atoms with Crippen LogP contribution in [0.2, 0.25) is 0 Å². The zero-order valence-corrected chi connectivity index (χ0v) is 18.9. The molecule has 1 aromatic rings. The Balaban J connectivity index is 0.00000364. The molecule has 2 rings (SSSR count). The Morgan fingerprint density at radius 3 is 2.70 bits per heavy atom. The first kappa shape index (κ1) is 24.0. The largest absolute Gasteiger partial charge is 0.497 e. The molecule has 1 fully saturated rings. The Kier molecular flexibility index (Phi) is 13.3. The fourth-order valence-electron chi connectivity index (χ4n) is 2.78. The van der Waals surface area contributed by atoms with E-state index in [1.807, 2.05) is 12.1 Å². The van der Waals surface area contributed by atoms with E-state index in [9.17, 15) is 0 Å². The molecule has 1 atom stereocenters. The number of rotatable bonds is 11. The van der Waals surface area contributed by atoms with E-state index in [-0.39, 0.29) is 30.1 Å². The van der Waals surface area contributed by atoms with Crippen molar-refractivity contribution in [1.29, 1.82) is 0 Å². The fraction of sp³-hybridized carbons (Fsp3) is 0.650. The summed E-state index contributed by atoms with van der Waals surface area (Å²) < 4.78 is 16.3. The summed E-state index contributed by atoms with van der Waals surface area (Å²) in [5.74, 6) is 1.78. The van der Waals surface area contributed by atoms with Crippen LogP contribution in [0.1, 0.15) is 31.7 Å². The van der Waals surface area contributed by atoms with E-state index in [1.165, 1.54) is 5.56 Å². The maximum Gasteiger partial charge on any atom is 0.191 e. The van der Waals surface area contributed by atoms with Crippen molar-refractivity contribution >= 4 is 29.9 Å². The lowest BCUT2D eigenvalue weighted by Gasteiger charge is -2.13. The van der Waals surface area contributed by atoms with Crippen LogP contribution in [0.3, 0.4) is 0 Å². The molecule has 0 aliphatic carbocycles. The van der Waals surface area contributed by atoms with E-state index in [4.69, 9.17) is 14.2 Å². The highest BCUT2D eigenvalue weighted by atomic mass is 127. The van der Waals surface area contributed by atoms with Gasteiger partial charge in [0.2, 0.25) is 0 Å². The number of aryl methyl sites for hydroxylation is 1. The van der Waals surface area contributed by atoms with Gasteiger partial charge in [-0.05, 0) is 50.3 Å². The van der Waals surface area contributed by atoms with E-state index < -0.39 is 0 Å². The molecule has 1 aromatic carbocycles. The van der Waals surface area contributed by atoms with Crippen molar-refractivity contribution < 1.29 is 14.2 Å². The minimum atomic E-state index is 0. The molecule has 0 bridgehead atoms. The zero-order valence-electron chi connectivity index (χ0n) is 16.5. The molecule has 1 unspecified atom stereocenters. The minimum Gasteiger partial charge on any atom is -0.497 e. The molecule has 0 spiro atoms. The van der Waals surface area contributed by atoms with E-state index in [0.717, 1.165) is 76.8 Å². The lowest BCUT2D eigenvalue weighted by atomic mass is 10.1. The Bertz CT molecular complexity index is 520. The SMILES string of the molecule is CCNC(=NCCCc1ccc(OC)cc1)NCCCOC1CCOC1.I. The van der Waals surface area contributed by atoms with Crippen molar-refractivity contribution in [2.45, 2.75) is 38.7 Å². The van der Waals surface area contributed by atoms with Crippen molar-refractivity contribution in [3.8, 4) is 5.75 Å². The lowest BCUT2D eigenvalue weighted by molar-refractivity contribution is 0.0420. The molecule has 0 amide bonds. The number of aliphatic imine (C=N–C) groups is 1. The van der Waals surface area contributed by atoms with Gasteiger partial charge in [0.1, 0.15) is 5.75 Å². The van der Waals surface area contributed by atoms with Crippen LogP contribution in [0.25, 0.3) is 0 Å². The van der Waals surface area contributed by atoms with Gasteiger partial charge in [0, 0.05) is 32.8 Å². The summed E-state index contributed by atoms with van der Waals surface area (Å²) in [6.07, 6.45) is 4.31. The third-order valence-corrected chi connectivity index (χ3v) is 4.25. The van der Waals surface area contributed by atoms with Crippen LogP contribution < -0.4 is 15.4 Å². The lowest BCUT2D eigenvalue weighted by Crippen LogP contribution is -2.38. The van der Waals surface area contributed by atoms with Crippen molar-refractivity contribution in [3.05, 3.63) is 29.8 Å². The Labute approximate surface area is 180 Å². The topological polar surface area (TPSA) is 64.1 Å². The maximum absolute atomic E-state index is 5.77. The number of ether oxygens (including phenoxy) is 3. The summed E-state index contributed by atoms with van der Waals surface area (Å²) in [5, 5.41) is 6.66. The molecule has 1 heterocycles. The first-order valence-electron chi connectivity index (χ1n) is 9.66. The molecule has 0 aromatic heterocycles. The fourth-order valence-corrected chi connectivity index (χ4v) is 2.78. The minimum absolute atomic E-state index is 0. The van der Waals surface area contributed by atoms with Crippen LogP contribution in [0.15, 0.2) is 29.3 Å².